The number of benzene rings is 1. The molecular weight excluding hydrogens is 841 g/mol. The van der Waals surface area contributed by atoms with Crippen molar-refractivity contribution in [3.05, 3.63) is 46.5 Å². The topological polar surface area (TPSA) is 0 Å². The van der Waals surface area contributed by atoms with Gasteiger partial charge in [0.05, 0.1) is 0 Å². The molecule has 0 aliphatic carbocycles. The highest BCUT2D eigenvalue weighted by Crippen LogP contribution is 2.36. The van der Waals surface area contributed by atoms with Crippen LogP contribution in [0, 0.1) is 65.1 Å². The summed E-state index contributed by atoms with van der Waals surface area (Å²) >= 11 is 0. The van der Waals surface area contributed by atoms with E-state index in [9.17, 15) is 0 Å². The maximum atomic E-state index is 4.10. The maximum Gasteiger partial charge on any atom is -0.0126 e. The number of aryl methyl sites for hydroxylation is 3. The number of hydrogen-bond donors (Lipinski definition) is 0. The minimum Gasteiger partial charge on any atom is -0.100 e. The zero-order valence-electron chi connectivity index (χ0n) is 51.5. The smallest absolute Gasteiger partial charge is 0.0126 e. The second kappa shape index (κ2) is 39.4. The molecule has 1 aromatic carbocycles. The van der Waals surface area contributed by atoms with Gasteiger partial charge in [-0.15, -0.1) is 6.58 Å². The Hall–Kier alpha value is -1.04. The standard InChI is InChI=1S/C70H132/c1-54(2)28-19-31-57(7)34-22-37-60(10)40-25-43-63(13)46-49-66-52-67(50-47-64(14)44-26-41-61(11)38-23-35-58(8)32-20-29-55(3)4)69(70(16,17)18)68(53-66)51-48-65(15)45-27-42-62(12)39-24-36-59(9)33-21-30-56(5)6/h52-54,56-65H,3,19-51H2,1-2,4-18H3. The fraction of sp³-hybridized carbons (Fsp3) is 0.886. The van der Waals surface area contributed by atoms with Crippen LogP contribution in [0.3, 0.4) is 0 Å². The van der Waals surface area contributed by atoms with Crippen molar-refractivity contribution in [1.82, 2.24) is 0 Å². The van der Waals surface area contributed by atoms with Crippen molar-refractivity contribution >= 4 is 0 Å². The van der Waals surface area contributed by atoms with Crippen LogP contribution in [0.2, 0.25) is 0 Å². The van der Waals surface area contributed by atoms with Crippen molar-refractivity contribution in [2.24, 2.45) is 65.1 Å². The van der Waals surface area contributed by atoms with E-state index in [1.54, 1.807) is 22.3 Å². The van der Waals surface area contributed by atoms with E-state index in [4.69, 9.17) is 0 Å². The number of hydrogen-bond acceptors (Lipinski definition) is 0. The molecule has 0 saturated heterocycles. The van der Waals surface area contributed by atoms with Gasteiger partial charge >= 0.3 is 0 Å². The molecule has 0 aliphatic rings. The molecule has 0 aliphatic heterocycles. The average molecular weight is 974 g/mol. The van der Waals surface area contributed by atoms with E-state index < -0.39 is 0 Å². The summed E-state index contributed by atoms with van der Waals surface area (Å²) in [5.41, 5.74) is 8.26. The van der Waals surface area contributed by atoms with Crippen LogP contribution in [0.4, 0.5) is 0 Å². The monoisotopic (exact) mass is 973 g/mol. The lowest BCUT2D eigenvalue weighted by molar-refractivity contribution is 0.374. The normalized spacial score (nSPS) is 16.3. The first kappa shape index (κ1) is 67.0. The Balaban J connectivity index is 2.90. The first-order valence-electron chi connectivity index (χ1n) is 31.8. The third kappa shape index (κ3) is 36.0. The lowest BCUT2D eigenvalue weighted by Crippen LogP contribution is -2.19. The first-order chi connectivity index (χ1) is 33.0. The zero-order chi connectivity index (χ0) is 52.5. The molecule has 0 heterocycles. The minimum atomic E-state index is 0.171. The van der Waals surface area contributed by atoms with Crippen molar-refractivity contribution in [2.45, 2.75) is 335 Å². The molecule has 9 unspecified atom stereocenters. The van der Waals surface area contributed by atoms with E-state index in [0.717, 1.165) is 65.1 Å². The van der Waals surface area contributed by atoms with Crippen LogP contribution in [0.1, 0.15) is 333 Å². The Kier molecular flexibility index (Phi) is 37.7. The minimum absolute atomic E-state index is 0.171. The van der Waals surface area contributed by atoms with Crippen molar-refractivity contribution < 1.29 is 0 Å². The highest BCUT2D eigenvalue weighted by Gasteiger charge is 2.24. The molecule has 1 aromatic rings. The number of rotatable bonds is 45. The Morgan fingerprint density at radius 1 is 0.343 bits per heavy atom. The summed E-state index contributed by atoms with van der Waals surface area (Å²) in [5, 5.41) is 0. The van der Waals surface area contributed by atoms with E-state index in [0.29, 0.717) is 0 Å². The van der Waals surface area contributed by atoms with Gasteiger partial charge in [0.25, 0.3) is 0 Å². The van der Waals surface area contributed by atoms with Crippen LogP contribution >= 0.6 is 0 Å². The van der Waals surface area contributed by atoms with Gasteiger partial charge in [-0.05, 0) is 151 Å². The average Bonchev–Trinajstić information content (AvgIpc) is 3.26. The SMILES string of the molecule is C=C(C)CCCC(C)CCCC(C)CCCC(C)CCc1cc(CCC(C)CCCC(C)CCCC(C)CCCC(C)C)cc(CCC(C)CCCC(C)CCCC(C)CCCC(C)C)c1C(C)(C)C. The van der Waals surface area contributed by atoms with Gasteiger partial charge < -0.3 is 0 Å². The Morgan fingerprint density at radius 2 is 0.571 bits per heavy atom. The van der Waals surface area contributed by atoms with Gasteiger partial charge in [0.2, 0.25) is 0 Å². The van der Waals surface area contributed by atoms with E-state index in [-0.39, 0.29) is 5.41 Å². The molecule has 0 fully saturated rings. The first-order valence-corrected chi connectivity index (χ1v) is 31.8. The molecular formula is C70H132. The highest BCUT2D eigenvalue weighted by atomic mass is 14.3. The fourth-order valence-corrected chi connectivity index (χ4v) is 12.2. The van der Waals surface area contributed by atoms with Gasteiger partial charge in [0.1, 0.15) is 0 Å². The molecule has 412 valence electrons. The summed E-state index contributed by atoms with van der Waals surface area (Å²) < 4.78 is 0. The molecule has 0 N–H and O–H groups in total. The third-order valence-corrected chi connectivity index (χ3v) is 17.5. The predicted octanol–water partition coefficient (Wildman–Crippen LogP) is 23.9. The van der Waals surface area contributed by atoms with Crippen molar-refractivity contribution in [2.75, 3.05) is 0 Å². The van der Waals surface area contributed by atoms with Gasteiger partial charge in [-0.3, -0.25) is 0 Å². The molecule has 0 heteroatoms. The second-order valence-electron chi connectivity index (χ2n) is 28.2. The van der Waals surface area contributed by atoms with Gasteiger partial charge in [-0.1, -0.05) is 289 Å². The largest absolute Gasteiger partial charge is 0.100 e. The summed E-state index contributed by atoms with van der Waals surface area (Å²) in [6.07, 6.45) is 45.6. The van der Waals surface area contributed by atoms with Crippen LogP contribution in [0.25, 0.3) is 0 Å². The quantitative estimate of drug-likeness (QED) is 0.0572. The van der Waals surface area contributed by atoms with Crippen LogP contribution < -0.4 is 0 Å². The molecule has 0 bridgehead atoms. The molecule has 70 heavy (non-hydrogen) atoms. The van der Waals surface area contributed by atoms with Crippen LogP contribution in [-0.4, -0.2) is 0 Å². The van der Waals surface area contributed by atoms with Gasteiger partial charge in [0.15, 0.2) is 0 Å². The number of allylic oxidation sites excluding steroid dienone is 1. The Labute approximate surface area is 444 Å². The molecule has 0 aromatic heterocycles. The van der Waals surface area contributed by atoms with E-state index in [1.165, 1.54) is 217 Å². The summed E-state index contributed by atoms with van der Waals surface area (Å²) in [4.78, 5) is 0. The van der Waals surface area contributed by atoms with Crippen molar-refractivity contribution in [1.29, 1.82) is 0 Å². The van der Waals surface area contributed by atoms with Crippen LogP contribution in [0.5, 0.6) is 0 Å². The molecule has 0 saturated carbocycles. The van der Waals surface area contributed by atoms with Gasteiger partial charge in [0, 0.05) is 0 Å². The van der Waals surface area contributed by atoms with E-state index >= 15 is 0 Å². The summed E-state index contributed by atoms with van der Waals surface area (Å²) in [6.45, 7) is 46.0. The molecule has 0 nitrogen and oxygen atoms in total. The predicted molar refractivity (Wildman–Crippen MR) is 322 cm³/mol. The van der Waals surface area contributed by atoms with Crippen molar-refractivity contribution in [3.63, 3.8) is 0 Å². The zero-order valence-corrected chi connectivity index (χ0v) is 51.5. The van der Waals surface area contributed by atoms with Crippen LogP contribution in [-0.2, 0) is 24.7 Å². The second-order valence-corrected chi connectivity index (χ2v) is 28.2. The summed E-state index contributed by atoms with van der Waals surface area (Å²) in [7, 11) is 0. The fourth-order valence-electron chi connectivity index (χ4n) is 12.2. The lowest BCUT2D eigenvalue weighted by atomic mass is 9.76. The maximum absolute atomic E-state index is 4.10. The molecule has 0 spiro atoms. The third-order valence-electron chi connectivity index (χ3n) is 17.5. The molecule has 0 amide bonds. The lowest BCUT2D eigenvalue weighted by Gasteiger charge is -2.29. The summed E-state index contributed by atoms with van der Waals surface area (Å²) in [5.74, 6) is 9.40. The molecule has 9 atom stereocenters. The van der Waals surface area contributed by atoms with Gasteiger partial charge in [-0.25, -0.2) is 0 Å². The molecule has 1 rings (SSSR count). The van der Waals surface area contributed by atoms with Crippen molar-refractivity contribution in [3.8, 4) is 0 Å². The Morgan fingerprint density at radius 3 is 0.814 bits per heavy atom. The summed E-state index contributed by atoms with van der Waals surface area (Å²) in [6, 6.07) is 5.43. The highest BCUT2D eigenvalue weighted by molar-refractivity contribution is 5.44. The van der Waals surface area contributed by atoms with Crippen LogP contribution in [0.15, 0.2) is 24.3 Å². The Bertz CT molecular complexity index is 1390. The molecule has 0 radical (unpaired) electrons. The van der Waals surface area contributed by atoms with Gasteiger partial charge in [-0.2, -0.15) is 0 Å². The van der Waals surface area contributed by atoms with E-state index in [1.807, 2.05) is 0 Å². The van der Waals surface area contributed by atoms with E-state index in [2.05, 4.69) is 136 Å².